The number of phenolic OH excluding ortho intramolecular Hbond substituents is 1. The van der Waals surface area contributed by atoms with Crippen LogP contribution >= 0.6 is 0 Å². The van der Waals surface area contributed by atoms with E-state index in [-0.39, 0.29) is 23.1 Å². The summed E-state index contributed by atoms with van der Waals surface area (Å²) in [6, 6.07) is 12.7. The van der Waals surface area contributed by atoms with Crippen LogP contribution in [-0.4, -0.2) is 40.0 Å². The number of methoxy groups -OCH3 is 1. The predicted octanol–water partition coefficient (Wildman–Crippen LogP) is 3.77. The Morgan fingerprint density at radius 1 is 1.07 bits per heavy atom. The Morgan fingerprint density at radius 3 is 2.38 bits per heavy atom. The summed E-state index contributed by atoms with van der Waals surface area (Å²) in [4.78, 5) is 27.5. The molecule has 6 nitrogen and oxygen atoms in total. The van der Waals surface area contributed by atoms with E-state index in [4.69, 9.17) is 4.74 Å². The second kappa shape index (κ2) is 7.62. The fourth-order valence-electron chi connectivity index (χ4n) is 4.36. The first-order valence-electron chi connectivity index (χ1n) is 9.75. The molecule has 1 aliphatic heterocycles. The molecule has 0 bridgehead atoms. The summed E-state index contributed by atoms with van der Waals surface area (Å²) in [6.45, 7) is 0. The number of aliphatic hydroxyl groups excluding tert-OH is 1. The number of ether oxygens (including phenoxy) is 1. The minimum atomic E-state index is -0.755. The number of amides is 1. The van der Waals surface area contributed by atoms with Gasteiger partial charge in [0.1, 0.15) is 5.76 Å². The molecule has 1 unspecified atom stereocenters. The standard InChI is InChI=1S/C23H23NO5/c1-29-18-12-11-15(13-17(18)25)20-19(21(26)14-7-3-2-4-8-14)22(27)23(28)24(20)16-9-5-6-10-16/h2-4,7-8,11-13,16,20,25-26H,5-6,9-10H2,1H3/b21-19-. The van der Waals surface area contributed by atoms with Gasteiger partial charge in [0.05, 0.1) is 18.7 Å². The quantitative estimate of drug-likeness (QED) is 0.469. The van der Waals surface area contributed by atoms with Gasteiger partial charge < -0.3 is 19.8 Å². The van der Waals surface area contributed by atoms with Gasteiger partial charge in [0.15, 0.2) is 11.5 Å². The van der Waals surface area contributed by atoms with Crippen molar-refractivity contribution in [3.8, 4) is 11.5 Å². The lowest BCUT2D eigenvalue weighted by atomic mass is 9.94. The number of phenols is 1. The van der Waals surface area contributed by atoms with E-state index in [0.717, 1.165) is 25.7 Å². The number of hydrogen-bond donors (Lipinski definition) is 2. The van der Waals surface area contributed by atoms with Crippen molar-refractivity contribution in [2.24, 2.45) is 0 Å². The molecule has 150 valence electrons. The van der Waals surface area contributed by atoms with Crippen molar-refractivity contribution in [3.05, 3.63) is 65.2 Å². The number of nitrogens with zero attached hydrogens (tertiary/aromatic N) is 1. The molecule has 1 saturated heterocycles. The Kier molecular flexibility index (Phi) is 5.01. The van der Waals surface area contributed by atoms with Crippen LogP contribution in [0.5, 0.6) is 11.5 Å². The molecule has 29 heavy (non-hydrogen) atoms. The summed E-state index contributed by atoms with van der Waals surface area (Å²) in [5, 5.41) is 21.2. The fraction of sp³-hybridized carbons (Fsp3) is 0.304. The number of likely N-dealkylation sites (tertiary alicyclic amines) is 1. The van der Waals surface area contributed by atoms with Crippen molar-refractivity contribution in [2.75, 3.05) is 7.11 Å². The van der Waals surface area contributed by atoms with Crippen LogP contribution in [0.15, 0.2) is 54.1 Å². The second-order valence-corrected chi connectivity index (χ2v) is 7.44. The molecule has 6 heteroatoms. The Hall–Kier alpha value is -3.28. The minimum absolute atomic E-state index is 0.0534. The van der Waals surface area contributed by atoms with Gasteiger partial charge in [-0.1, -0.05) is 49.2 Å². The summed E-state index contributed by atoms with van der Waals surface area (Å²) in [6.07, 6.45) is 3.62. The minimum Gasteiger partial charge on any atom is -0.507 e. The maximum atomic E-state index is 13.0. The van der Waals surface area contributed by atoms with Crippen molar-refractivity contribution >= 4 is 17.4 Å². The van der Waals surface area contributed by atoms with E-state index in [1.165, 1.54) is 13.2 Å². The van der Waals surface area contributed by atoms with Crippen LogP contribution in [0.2, 0.25) is 0 Å². The number of benzene rings is 2. The van der Waals surface area contributed by atoms with E-state index in [9.17, 15) is 19.8 Å². The molecule has 1 aliphatic carbocycles. The van der Waals surface area contributed by atoms with E-state index >= 15 is 0 Å². The first-order chi connectivity index (χ1) is 14.0. The molecular formula is C23H23NO5. The van der Waals surface area contributed by atoms with Gasteiger partial charge in [0, 0.05) is 11.6 Å². The van der Waals surface area contributed by atoms with Crippen LogP contribution < -0.4 is 4.74 Å². The number of rotatable bonds is 4. The van der Waals surface area contributed by atoms with Crippen molar-refractivity contribution in [1.82, 2.24) is 4.90 Å². The van der Waals surface area contributed by atoms with Gasteiger partial charge in [-0.05, 0) is 30.5 Å². The van der Waals surface area contributed by atoms with Crippen LogP contribution in [0.25, 0.3) is 5.76 Å². The molecular weight excluding hydrogens is 370 g/mol. The van der Waals surface area contributed by atoms with Gasteiger partial charge in [-0.15, -0.1) is 0 Å². The average molecular weight is 393 g/mol. The number of hydrogen-bond acceptors (Lipinski definition) is 5. The van der Waals surface area contributed by atoms with E-state index in [0.29, 0.717) is 16.9 Å². The van der Waals surface area contributed by atoms with Gasteiger partial charge in [0.25, 0.3) is 11.7 Å². The molecule has 0 aromatic heterocycles. The SMILES string of the molecule is COc1ccc(C2/C(=C(/O)c3ccccc3)C(=O)C(=O)N2C2CCCC2)cc1O. The highest BCUT2D eigenvalue weighted by Gasteiger charge is 2.49. The number of Topliss-reactive ketones (excluding diaryl/α,β-unsaturated/α-hetero) is 1. The van der Waals surface area contributed by atoms with E-state index in [1.807, 2.05) is 6.07 Å². The topological polar surface area (TPSA) is 87.1 Å². The summed E-state index contributed by atoms with van der Waals surface area (Å²) in [7, 11) is 1.45. The molecule has 1 saturated carbocycles. The highest BCUT2D eigenvalue weighted by atomic mass is 16.5. The second-order valence-electron chi connectivity index (χ2n) is 7.44. The maximum Gasteiger partial charge on any atom is 0.295 e. The van der Waals surface area contributed by atoms with Gasteiger partial charge in [-0.2, -0.15) is 0 Å². The van der Waals surface area contributed by atoms with E-state index in [1.54, 1.807) is 41.3 Å². The number of aliphatic hydroxyl groups is 1. The van der Waals surface area contributed by atoms with Crippen LogP contribution in [0, 0.1) is 0 Å². The van der Waals surface area contributed by atoms with Crippen LogP contribution in [0.1, 0.15) is 42.9 Å². The Morgan fingerprint density at radius 2 is 1.76 bits per heavy atom. The number of ketones is 1. The largest absolute Gasteiger partial charge is 0.507 e. The zero-order chi connectivity index (χ0) is 20.5. The molecule has 1 atom stereocenters. The number of aromatic hydroxyl groups is 1. The highest BCUT2D eigenvalue weighted by Crippen LogP contribution is 2.44. The smallest absolute Gasteiger partial charge is 0.295 e. The third-order valence-electron chi connectivity index (χ3n) is 5.76. The van der Waals surface area contributed by atoms with Crippen LogP contribution in [0.3, 0.4) is 0 Å². The molecule has 2 aromatic carbocycles. The highest BCUT2D eigenvalue weighted by molar-refractivity contribution is 6.46. The van der Waals surface area contributed by atoms with Gasteiger partial charge in [-0.3, -0.25) is 9.59 Å². The van der Waals surface area contributed by atoms with E-state index in [2.05, 4.69) is 0 Å². The fourth-order valence-corrected chi connectivity index (χ4v) is 4.36. The van der Waals surface area contributed by atoms with Crippen molar-refractivity contribution in [3.63, 3.8) is 0 Å². The molecule has 0 spiro atoms. The Balaban J connectivity index is 1.89. The maximum absolute atomic E-state index is 13.0. The van der Waals surface area contributed by atoms with Crippen LogP contribution in [0.4, 0.5) is 0 Å². The van der Waals surface area contributed by atoms with Gasteiger partial charge in [0.2, 0.25) is 0 Å². The first kappa shape index (κ1) is 19.1. The molecule has 2 N–H and O–H groups in total. The monoisotopic (exact) mass is 393 g/mol. The Bertz CT molecular complexity index is 976. The molecule has 2 aromatic rings. The molecule has 2 fully saturated rings. The zero-order valence-corrected chi connectivity index (χ0v) is 16.2. The van der Waals surface area contributed by atoms with Gasteiger partial charge in [-0.25, -0.2) is 0 Å². The lowest BCUT2D eigenvalue weighted by molar-refractivity contribution is -0.141. The third-order valence-corrected chi connectivity index (χ3v) is 5.76. The summed E-state index contributed by atoms with van der Waals surface area (Å²) < 4.78 is 5.12. The predicted molar refractivity (Wildman–Crippen MR) is 107 cm³/mol. The van der Waals surface area contributed by atoms with Crippen LogP contribution in [-0.2, 0) is 9.59 Å². The number of carbonyl (C=O) groups excluding carboxylic acids is 2. The number of carbonyl (C=O) groups is 2. The molecule has 1 amide bonds. The molecule has 0 radical (unpaired) electrons. The van der Waals surface area contributed by atoms with Crippen molar-refractivity contribution < 1.29 is 24.5 Å². The lowest BCUT2D eigenvalue weighted by Gasteiger charge is -2.31. The van der Waals surface area contributed by atoms with Crippen molar-refractivity contribution in [2.45, 2.75) is 37.8 Å². The lowest BCUT2D eigenvalue weighted by Crippen LogP contribution is -2.37. The van der Waals surface area contributed by atoms with Gasteiger partial charge >= 0.3 is 0 Å². The van der Waals surface area contributed by atoms with E-state index < -0.39 is 17.7 Å². The molecule has 4 rings (SSSR count). The average Bonchev–Trinajstić information content (AvgIpc) is 3.35. The third kappa shape index (κ3) is 3.24. The summed E-state index contributed by atoms with van der Waals surface area (Å²) in [5.74, 6) is -1.28. The molecule has 1 heterocycles. The van der Waals surface area contributed by atoms with Crippen molar-refractivity contribution in [1.29, 1.82) is 0 Å². The summed E-state index contributed by atoms with van der Waals surface area (Å²) in [5.41, 5.74) is 1.09. The Labute approximate surface area is 169 Å². The summed E-state index contributed by atoms with van der Waals surface area (Å²) >= 11 is 0. The first-order valence-corrected chi connectivity index (χ1v) is 9.75. The zero-order valence-electron chi connectivity index (χ0n) is 16.2. The molecule has 2 aliphatic rings. The normalized spacial score (nSPS) is 21.7.